The molecule has 0 spiro atoms. The van der Waals surface area contributed by atoms with Crippen LogP contribution in [0.5, 0.6) is 0 Å². The van der Waals surface area contributed by atoms with Gasteiger partial charge in [-0.25, -0.2) is 14.4 Å². The summed E-state index contributed by atoms with van der Waals surface area (Å²) < 4.78 is 20.5. The topological polar surface area (TPSA) is 214 Å². The molecule has 5 N–H and O–H groups in total. The maximum absolute atomic E-state index is 13.1. The lowest BCUT2D eigenvalue weighted by molar-refractivity contribution is -0.437. The second kappa shape index (κ2) is 38.9. The molecule has 588 valence electrons. The first-order chi connectivity index (χ1) is 51.7. The summed E-state index contributed by atoms with van der Waals surface area (Å²) in [5.41, 5.74) is 25.1. The number of hydrogen-bond donors (Lipinski definition) is 4. The van der Waals surface area contributed by atoms with Gasteiger partial charge in [-0.15, -0.1) is 0 Å². The number of carboxylic acid groups (broad SMARTS) is 1. The first-order valence-corrected chi connectivity index (χ1v) is 38.7. The van der Waals surface area contributed by atoms with E-state index >= 15 is 0 Å². The molecule has 4 aliphatic heterocycles. The van der Waals surface area contributed by atoms with E-state index in [1.54, 1.807) is 39.1 Å². The van der Waals surface area contributed by atoms with Crippen LogP contribution in [0.15, 0.2) is 194 Å². The zero-order valence-corrected chi connectivity index (χ0v) is 69.0. The van der Waals surface area contributed by atoms with E-state index in [0.29, 0.717) is 44.7 Å². The average Bonchev–Trinajstić information content (AvgIpc) is 1.62. The summed E-state index contributed by atoms with van der Waals surface area (Å²) in [5.74, 6) is -1.59. The summed E-state index contributed by atoms with van der Waals surface area (Å²) in [5, 5.41) is 12.4. The number of fused-ring (bicyclic) bond motifs is 4. The number of halogens is 1. The van der Waals surface area contributed by atoms with Crippen LogP contribution >= 0.6 is 0 Å². The molecule has 4 aliphatic rings. The summed E-state index contributed by atoms with van der Waals surface area (Å²) in [6.45, 7) is 43.3. The van der Waals surface area contributed by atoms with Crippen molar-refractivity contribution in [1.82, 2.24) is 20.8 Å². The molecule has 0 radical (unpaired) electrons. The molecule has 0 saturated carbocycles. The highest BCUT2D eigenvalue weighted by Crippen LogP contribution is 2.50. The SMILES string of the molecule is CC(C)(C)OC(=O)NOCCCN.CCCN1/C(=C/C=C(/C=C/C2=[N+](CCC)c3ccccc3C2(C)C)c2ccc(C(=O)NCCCOCC(=O)OC(C)(C)C)cn2)C(C)(C)c2ccccc21.CCCN1/C(=C/C=C(/C=C/C2=[N+](CCC)c3ccccc3C2(C)C)c2ccc(C(=O)O)cn2)C(C)(C)c2ccccc21.[Cl-]. The number of aromatic carboxylic acids is 1. The van der Waals surface area contributed by atoms with Crippen LogP contribution < -0.4 is 38.7 Å². The van der Waals surface area contributed by atoms with Crippen molar-refractivity contribution < 1.29 is 64.9 Å². The Morgan fingerprint density at radius 2 is 0.982 bits per heavy atom. The Balaban J connectivity index is 0.000000266. The maximum atomic E-state index is 13.1. The van der Waals surface area contributed by atoms with E-state index in [-0.39, 0.29) is 52.1 Å². The Labute approximate surface area is 660 Å². The molecule has 0 saturated heterocycles. The van der Waals surface area contributed by atoms with Gasteiger partial charge in [-0.3, -0.25) is 19.6 Å². The zero-order chi connectivity index (χ0) is 79.5. The smallest absolute Gasteiger partial charge is 0.431 e. The quantitative estimate of drug-likeness (QED) is 0.0118. The zero-order valence-electron chi connectivity index (χ0n) is 68.3. The van der Waals surface area contributed by atoms with Crippen molar-refractivity contribution in [3.05, 3.63) is 238 Å². The van der Waals surface area contributed by atoms with Gasteiger partial charge in [0.15, 0.2) is 11.4 Å². The minimum atomic E-state index is -0.978. The number of carboxylic acids is 1. The molecule has 19 heteroatoms. The van der Waals surface area contributed by atoms with Gasteiger partial charge in [-0.05, 0) is 173 Å². The molecular weight excluding hydrogens is 1400 g/mol. The Morgan fingerprint density at radius 3 is 1.39 bits per heavy atom. The Kier molecular flexibility index (Phi) is 31.0. The summed E-state index contributed by atoms with van der Waals surface area (Å²) in [4.78, 5) is 66.5. The van der Waals surface area contributed by atoms with E-state index in [1.807, 2.05) is 32.9 Å². The van der Waals surface area contributed by atoms with E-state index in [4.69, 9.17) is 29.8 Å². The fraction of sp³-hybridized carbons (Fsp3) is 0.429. The van der Waals surface area contributed by atoms with Gasteiger partial charge < -0.3 is 52.6 Å². The number of nitrogens with two attached hydrogens (primary N) is 1. The third-order valence-corrected chi connectivity index (χ3v) is 19.7. The highest BCUT2D eigenvalue weighted by molar-refractivity contribution is 6.05. The van der Waals surface area contributed by atoms with Crippen molar-refractivity contribution in [2.45, 2.75) is 196 Å². The molecule has 2 amide bonds. The van der Waals surface area contributed by atoms with Crippen LogP contribution in [-0.4, -0.2) is 130 Å². The van der Waals surface area contributed by atoms with Crippen LogP contribution in [0, 0.1) is 0 Å². The molecule has 10 rings (SSSR count). The first-order valence-electron chi connectivity index (χ1n) is 38.7. The molecule has 0 unspecified atom stereocenters. The predicted molar refractivity (Wildman–Crippen MR) is 442 cm³/mol. The minimum absolute atomic E-state index is 0. The number of carbonyl (C=O) groups is 4. The van der Waals surface area contributed by atoms with Crippen molar-refractivity contribution in [3.8, 4) is 0 Å². The van der Waals surface area contributed by atoms with E-state index in [2.05, 4.69) is 263 Å². The van der Waals surface area contributed by atoms with Gasteiger partial charge in [0.25, 0.3) is 5.91 Å². The summed E-state index contributed by atoms with van der Waals surface area (Å²) in [6, 6.07) is 41.9. The van der Waals surface area contributed by atoms with Gasteiger partial charge in [0.2, 0.25) is 11.4 Å². The van der Waals surface area contributed by atoms with E-state index in [9.17, 15) is 24.3 Å². The summed E-state index contributed by atoms with van der Waals surface area (Å²) >= 11 is 0. The van der Waals surface area contributed by atoms with Crippen LogP contribution in [0.25, 0.3) is 11.1 Å². The fourth-order valence-corrected chi connectivity index (χ4v) is 14.5. The molecule has 2 aromatic heterocycles. The molecule has 0 fully saturated rings. The van der Waals surface area contributed by atoms with Crippen molar-refractivity contribution in [1.29, 1.82) is 0 Å². The second-order valence-electron chi connectivity index (χ2n) is 32.0. The van der Waals surface area contributed by atoms with Crippen molar-refractivity contribution in [3.63, 3.8) is 0 Å². The van der Waals surface area contributed by atoms with Crippen LogP contribution in [-0.2, 0) is 45.5 Å². The number of allylic oxidation sites excluding steroid dienone is 12. The number of aromatic nitrogens is 2. The lowest BCUT2D eigenvalue weighted by Crippen LogP contribution is -3.00. The summed E-state index contributed by atoms with van der Waals surface area (Å²) in [7, 11) is 0. The number of nitrogens with one attached hydrogen (secondary N) is 2. The largest absolute Gasteiger partial charge is 1.00 e. The highest BCUT2D eigenvalue weighted by atomic mass is 35.5. The normalized spacial score (nSPS) is 16.6. The number of hydrogen-bond acceptors (Lipinski definition) is 13. The van der Waals surface area contributed by atoms with Crippen LogP contribution in [0.1, 0.15) is 218 Å². The van der Waals surface area contributed by atoms with E-state index in [1.165, 1.54) is 74.0 Å². The highest BCUT2D eigenvalue weighted by Gasteiger charge is 2.46. The Bertz CT molecular complexity index is 4450. The number of para-hydroxylation sites is 4. The number of ether oxygens (including phenoxy) is 3. The van der Waals surface area contributed by atoms with Gasteiger partial charge in [-0.1, -0.05) is 140 Å². The number of pyridine rings is 2. The van der Waals surface area contributed by atoms with Crippen molar-refractivity contribution >= 4 is 69.3 Å². The molecular formula is C91H119ClN9O9+. The van der Waals surface area contributed by atoms with Gasteiger partial charge in [0.1, 0.15) is 30.9 Å². The predicted octanol–water partition coefficient (Wildman–Crippen LogP) is 15.2. The monoisotopic (exact) mass is 1520 g/mol. The van der Waals surface area contributed by atoms with Crippen molar-refractivity contribution in [2.75, 3.05) is 68.9 Å². The Morgan fingerprint density at radius 1 is 0.545 bits per heavy atom. The van der Waals surface area contributed by atoms with E-state index < -0.39 is 29.2 Å². The van der Waals surface area contributed by atoms with Crippen LogP contribution in [0.2, 0.25) is 0 Å². The number of amides is 2. The van der Waals surface area contributed by atoms with Gasteiger partial charge in [0.05, 0.1) is 40.0 Å². The molecule has 18 nitrogen and oxygen atoms in total. The first kappa shape index (κ1) is 87.6. The fourth-order valence-electron chi connectivity index (χ4n) is 14.5. The number of carbonyl (C=O) groups excluding carboxylic acids is 3. The third kappa shape index (κ3) is 21.7. The molecule has 6 aromatic rings. The van der Waals surface area contributed by atoms with Gasteiger partial charge >= 0.3 is 18.0 Å². The minimum Gasteiger partial charge on any atom is -1.00 e. The number of benzene rings is 4. The number of esters is 1. The number of hydroxylamine groups is 1. The number of anilines is 2. The van der Waals surface area contributed by atoms with Crippen LogP contribution in [0.4, 0.5) is 27.5 Å². The molecule has 4 aromatic carbocycles. The molecule has 6 heterocycles. The second-order valence-corrected chi connectivity index (χ2v) is 32.0. The molecule has 0 aliphatic carbocycles. The molecule has 110 heavy (non-hydrogen) atoms. The molecule has 0 atom stereocenters. The lowest BCUT2D eigenvalue weighted by Gasteiger charge is -2.26. The Hall–Kier alpha value is -9.59. The van der Waals surface area contributed by atoms with Crippen LogP contribution in [0.3, 0.4) is 0 Å². The maximum Gasteiger partial charge on any atom is 0.431 e. The van der Waals surface area contributed by atoms with Gasteiger partial charge in [-0.2, -0.15) is 14.6 Å². The van der Waals surface area contributed by atoms with Gasteiger partial charge in [0, 0.05) is 132 Å². The van der Waals surface area contributed by atoms with E-state index in [0.717, 1.165) is 74.4 Å². The number of rotatable bonds is 28. The number of nitrogens with zero attached hydrogens (tertiary/aromatic N) is 6. The standard InChI is InChI=1S/C46H58N4O4.C37H41N3O2.C8H18N2O3.ClH/c1-10-28-49-38-19-14-12-17-35(38)45(6,7)40(49)25-22-33(23-26-41-46(8,9)36-18-13-15-20-39(36)50(41)29-11-2)37-24-21-34(31-48-37)43(52)47-27-16-30-53-32-42(51)54-44(3,4)5;1-7-23-39-31-15-11-9-13-28(31)36(3,4)33(39)21-18-26(30-20-17-27(25-38-30)35(41)42)19-22-34-37(5,6)29-14-10-12-16-32(29)40(34)24-8-2;1-8(2,3)13-7(11)10-12-6-4-5-9;/h12-15,17-26,31H,10-11,16,27-30,32H2,1-9H3;9-22,25H,7-8,23-24H2,1-6H3;4-6,9H2,1-3H3,(H,10,11);1H/p+1. The lowest BCUT2D eigenvalue weighted by atomic mass is 9.81. The molecule has 0 bridgehead atoms. The average molecular weight is 1520 g/mol. The van der Waals surface area contributed by atoms with Crippen molar-refractivity contribution in [2.24, 2.45) is 5.73 Å². The third-order valence-electron chi connectivity index (χ3n) is 19.7. The summed E-state index contributed by atoms with van der Waals surface area (Å²) in [6.07, 6.45) is 25.5.